The van der Waals surface area contributed by atoms with E-state index < -0.39 is 0 Å². The third-order valence-corrected chi connectivity index (χ3v) is 6.04. The molecule has 0 N–H and O–H groups in total. The van der Waals surface area contributed by atoms with Gasteiger partial charge in [-0.05, 0) is 41.8 Å². The Hall–Kier alpha value is -3.15. The summed E-state index contributed by atoms with van der Waals surface area (Å²) in [4.78, 5) is 17.8. The van der Waals surface area contributed by atoms with Crippen molar-refractivity contribution in [3.8, 4) is 11.1 Å². The van der Waals surface area contributed by atoms with E-state index in [-0.39, 0.29) is 5.56 Å². The van der Waals surface area contributed by atoms with Crippen LogP contribution in [-0.2, 0) is 13.0 Å². The number of rotatable bonds is 4. The Bertz CT molecular complexity index is 1490. The van der Waals surface area contributed by atoms with Crippen molar-refractivity contribution in [3.05, 3.63) is 98.6 Å². The molecule has 0 aliphatic carbocycles. The van der Waals surface area contributed by atoms with E-state index in [1.807, 2.05) is 54.6 Å². The zero-order valence-corrected chi connectivity index (χ0v) is 18.2. The zero-order valence-electron chi connectivity index (χ0n) is 16.7. The number of nitrogens with zero attached hydrogens (tertiary/aromatic N) is 4. The lowest BCUT2D eigenvalue weighted by Crippen LogP contribution is -2.21. The van der Waals surface area contributed by atoms with E-state index >= 15 is 0 Å². The summed E-state index contributed by atoms with van der Waals surface area (Å²) in [6.07, 6.45) is 4.16. The van der Waals surface area contributed by atoms with E-state index in [1.165, 1.54) is 0 Å². The van der Waals surface area contributed by atoms with Crippen LogP contribution in [0.2, 0.25) is 10.0 Å². The first kappa shape index (κ1) is 19.8. The molecule has 5 rings (SSSR count). The smallest absolute Gasteiger partial charge is 0.261 e. The summed E-state index contributed by atoms with van der Waals surface area (Å²) in [5.41, 5.74) is 5.07. The van der Waals surface area contributed by atoms with E-state index in [4.69, 9.17) is 28.3 Å². The first-order chi connectivity index (χ1) is 15.1. The molecule has 0 amide bonds. The number of hydrogen-bond acceptors (Lipinski definition) is 3. The Morgan fingerprint density at radius 1 is 1.00 bits per heavy atom. The summed E-state index contributed by atoms with van der Waals surface area (Å²) in [7, 11) is 0. The molecule has 0 aliphatic heterocycles. The van der Waals surface area contributed by atoms with Crippen LogP contribution in [0.1, 0.15) is 18.2 Å². The maximum absolute atomic E-state index is 13.2. The Morgan fingerprint density at radius 2 is 1.77 bits per heavy atom. The molecule has 0 atom stereocenters. The fraction of sp³-hybridized carbons (Fsp3) is 0.125. The van der Waals surface area contributed by atoms with Crippen LogP contribution in [0.5, 0.6) is 0 Å². The van der Waals surface area contributed by atoms with Crippen molar-refractivity contribution in [1.29, 1.82) is 0 Å². The lowest BCUT2D eigenvalue weighted by atomic mass is 10.0. The van der Waals surface area contributed by atoms with Crippen molar-refractivity contribution in [2.45, 2.75) is 19.9 Å². The number of pyridine rings is 1. The van der Waals surface area contributed by atoms with E-state index in [0.29, 0.717) is 22.0 Å². The highest BCUT2D eigenvalue weighted by atomic mass is 35.5. The summed E-state index contributed by atoms with van der Waals surface area (Å²) in [6, 6.07) is 17.1. The summed E-state index contributed by atoms with van der Waals surface area (Å²) in [6.45, 7) is 2.45. The predicted molar refractivity (Wildman–Crippen MR) is 125 cm³/mol. The van der Waals surface area contributed by atoms with Crippen molar-refractivity contribution >= 4 is 39.8 Å². The molecule has 5 aromatic rings. The van der Waals surface area contributed by atoms with E-state index in [1.54, 1.807) is 21.5 Å². The molecule has 3 aromatic heterocycles. The third-order valence-electron chi connectivity index (χ3n) is 5.42. The Labute approximate surface area is 188 Å². The van der Waals surface area contributed by atoms with Crippen molar-refractivity contribution in [2.24, 2.45) is 0 Å². The molecule has 7 heteroatoms. The van der Waals surface area contributed by atoms with Gasteiger partial charge in [0.2, 0.25) is 0 Å². The molecule has 0 unspecified atom stereocenters. The summed E-state index contributed by atoms with van der Waals surface area (Å²) < 4.78 is 3.40. The molecule has 0 fully saturated rings. The number of aromatic nitrogens is 4. The normalized spacial score (nSPS) is 11.5. The molecule has 31 heavy (non-hydrogen) atoms. The van der Waals surface area contributed by atoms with E-state index in [2.05, 4.69) is 11.9 Å². The minimum atomic E-state index is -0.131. The Morgan fingerprint density at radius 3 is 2.52 bits per heavy atom. The average molecular weight is 449 g/mol. The van der Waals surface area contributed by atoms with Crippen molar-refractivity contribution < 1.29 is 0 Å². The second-order valence-electron chi connectivity index (χ2n) is 7.31. The highest BCUT2D eigenvalue weighted by molar-refractivity contribution is 6.31. The van der Waals surface area contributed by atoms with Gasteiger partial charge >= 0.3 is 0 Å². The van der Waals surface area contributed by atoms with Gasteiger partial charge in [0.25, 0.3) is 5.56 Å². The molecule has 154 valence electrons. The van der Waals surface area contributed by atoms with Gasteiger partial charge < -0.3 is 4.57 Å². The van der Waals surface area contributed by atoms with Crippen LogP contribution in [0.15, 0.2) is 71.8 Å². The molecule has 0 saturated heterocycles. The molecule has 0 bridgehead atoms. The highest BCUT2D eigenvalue weighted by Crippen LogP contribution is 2.30. The maximum atomic E-state index is 13.2. The minimum absolute atomic E-state index is 0.131. The predicted octanol–water partition coefficient (Wildman–Crippen LogP) is 5.63. The molecule has 0 spiro atoms. The fourth-order valence-electron chi connectivity index (χ4n) is 3.85. The highest BCUT2D eigenvalue weighted by Gasteiger charge is 2.18. The number of fused-ring (bicyclic) bond motifs is 3. The van der Waals surface area contributed by atoms with Crippen molar-refractivity contribution in [3.63, 3.8) is 0 Å². The third kappa shape index (κ3) is 3.40. The molecular weight excluding hydrogens is 431 g/mol. The SMILES string of the molecule is CCc1nn2c(ncc3c(=O)n(Cc4ccccc4Cl)ccc32)c1-c1ccc(Cl)cc1. The van der Waals surface area contributed by atoms with Crippen LogP contribution in [0.25, 0.3) is 27.7 Å². The summed E-state index contributed by atoms with van der Waals surface area (Å²) >= 11 is 12.3. The number of benzene rings is 2. The van der Waals surface area contributed by atoms with Gasteiger partial charge in [0.05, 0.1) is 23.1 Å². The monoisotopic (exact) mass is 448 g/mol. The van der Waals surface area contributed by atoms with Gasteiger partial charge in [-0.25, -0.2) is 9.50 Å². The van der Waals surface area contributed by atoms with Gasteiger partial charge in [-0.1, -0.05) is 60.5 Å². The van der Waals surface area contributed by atoms with Gasteiger partial charge in [-0.15, -0.1) is 0 Å². The molecule has 3 heterocycles. The molecule has 0 saturated carbocycles. The van der Waals surface area contributed by atoms with Crippen LogP contribution >= 0.6 is 23.2 Å². The first-order valence-electron chi connectivity index (χ1n) is 9.96. The first-order valence-corrected chi connectivity index (χ1v) is 10.7. The lowest BCUT2D eigenvalue weighted by molar-refractivity contribution is 0.765. The molecule has 0 radical (unpaired) electrons. The number of hydrogen-bond donors (Lipinski definition) is 0. The van der Waals surface area contributed by atoms with Crippen LogP contribution in [0.3, 0.4) is 0 Å². The standard InChI is InChI=1S/C24H18Cl2N4O/c1-2-20-22(15-7-9-17(25)10-8-15)23-27-13-18-21(30(23)28-20)11-12-29(24(18)31)14-16-5-3-4-6-19(16)26/h3-13H,2,14H2,1H3. The van der Waals surface area contributed by atoms with Crippen LogP contribution in [0, 0.1) is 0 Å². The quantitative estimate of drug-likeness (QED) is 0.358. The van der Waals surface area contributed by atoms with Crippen molar-refractivity contribution in [1.82, 2.24) is 19.2 Å². The average Bonchev–Trinajstić information content (AvgIpc) is 3.16. The second kappa shape index (κ2) is 7.84. The molecule has 5 nitrogen and oxygen atoms in total. The van der Waals surface area contributed by atoms with Gasteiger partial charge in [0.15, 0.2) is 5.65 Å². The van der Waals surface area contributed by atoms with Crippen LogP contribution in [0.4, 0.5) is 0 Å². The van der Waals surface area contributed by atoms with Gasteiger partial charge in [0.1, 0.15) is 0 Å². The minimum Gasteiger partial charge on any atom is -0.310 e. The summed E-state index contributed by atoms with van der Waals surface area (Å²) in [5, 5.41) is 6.60. The molecule has 2 aromatic carbocycles. The topological polar surface area (TPSA) is 52.2 Å². The van der Waals surface area contributed by atoms with E-state index in [9.17, 15) is 4.79 Å². The number of aryl methyl sites for hydroxylation is 1. The number of halogens is 2. The molecule has 0 aliphatic rings. The second-order valence-corrected chi connectivity index (χ2v) is 8.16. The zero-order chi connectivity index (χ0) is 21.5. The summed E-state index contributed by atoms with van der Waals surface area (Å²) in [5.74, 6) is 0. The lowest BCUT2D eigenvalue weighted by Gasteiger charge is -2.09. The van der Waals surface area contributed by atoms with Gasteiger partial charge in [0, 0.05) is 28.0 Å². The Balaban J connectivity index is 1.69. The molecular formula is C24H18Cl2N4O. The van der Waals surface area contributed by atoms with Crippen LogP contribution in [-0.4, -0.2) is 19.2 Å². The largest absolute Gasteiger partial charge is 0.310 e. The van der Waals surface area contributed by atoms with E-state index in [0.717, 1.165) is 40.0 Å². The van der Waals surface area contributed by atoms with Crippen molar-refractivity contribution in [2.75, 3.05) is 0 Å². The van der Waals surface area contributed by atoms with Gasteiger partial charge in [-0.2, -0.15) is 5.10 Å². The van der Waals surface area contributed by atoms with Gasteiger partial charge in [-0.3, -0.25) is 4.79 Å². The maximum Gasteiger partial charge on any atom is 0.261 e. The fourth-order valence-corrected chi connectivity index (χ4v) is 4.17. The Kier molecular flexibility index (Phi) is 5.00. The van der Waals surface area contributed by atoms with Crippen LogP contribution < -0.4 is 5.56 Å².